The normalized spacial score (nSPS) is 14.5. The summed E-state index contributed by atoms with van der Waals surface area (Å²) in [4.78, 5) is 0.232. The van der Waals surface area contributed by atoms with E-state index in [0.29, 0.717) is 30.8 Å². The van der Waals surface area contributed by atoms with E-state index in [1.807, 2.05) is 6.92 Å². The number of rotatable bonds is 6. The Balaban J connectivity index is 2.02. The molecule has 0 spiro atoms. The summed E-state index contributed by atoms with van der Waals surface area (Å²) in [6.45, 7) is 6.41. The lowest BCUT2D eigenvalue weighted by molar-refractivity contribution is 0.445. The summed E-state index contributed by atoms with van der Waals surface area (Å²) in [5.74, 6) is 0. The average molecular weight is 443 g/mol. The van der Waals surface area contributed by atoms with Gasteiger partial charge in [-0.1, -0.05) is 31.5 Å². The summed E-state index contributed by atoms with van der Waals surface area (Å²) < 4.78 is 54.4. The molecule has 0 N–H and O–H groups in total. The Hall–Kier alpha value is -1.61. The standard InChI is InChI=1S/C19H23ClN2O4S2/c1-4-21(5-2)27(23,24)16-7-8-18-15(13-16)10-11-22(18)28(25,26)19-9-6-14(3)12-17(19)20/h6-9,12-13H,4-5,10-11H2,1-3H3. The van der Waals surface area contributed by atoms with Crippen LogP contribution in [0.15, 0.2) is 46.2 Å². The number of aryl methyl sites for hydroxylation is 1. The van der Waals surface area contributed by atoms with Crippen molar-refractivity contribution in [1.29, 1.82) is 0 Å². The molecule has 2 aromatic rings. The second-order valence-electron chi connectivity index (χ2n) is 6.64. The van der Waals surface area contributed by atoms with E-state index in [1.54, 1.807) is 38.1 Å². The van der Waals surface area contributed by atoms with Gasteiger partial charge in [0.25, 0.3) is 10.0 Å². The molecule has 6 nitrogen and oxygen atoms in total. The largest absolute Gasteiger partial charge is 0.266 e. The van der Waals surface area contributed by atoms with Gasteiger partial charge in [0, 0.05) is 19.6 Å². The number of sulfonamides is 2. The summed E-state index contributed by atoms with van der Waals surface area (Å²) in [6, 6.07) is 9.44. The van der Waals surface area contributed by atoms with E-state index in [2.05, 4.69) is 0 Å². The van der Waals surface area contributed by atoms with Crippen LogP contribution < -0.4 is 4.31 Å². The molecule has 3 rings (SSSR count). The molecule has 0 aliphatic carbocycles. The molecule has 0 aromatic heterocycles. The highest BCUT2D eigenvalue weighted by Crippen LogP contribution is 2.36. The first kappa shape index (κ1) is 21.1. The Morgan fingerprint density at radius 2 is 1.71 bits per heavy atom. The molecule has 0 saturated heterocycles. The van der Waals surface area contributed by atoms with E-state index in [9.17, 15) is 16.8 Å². The van der Waals surface area contributed by atoms with Crippen LogP contribution in [0.1, 0.15) is 25.0 Å². The van der Waals surface area contributed by atoms with Crippen LogP contribution in [0.3, 0.4) is 0 Å². The second kappa shape index (κ2) is 7.67. The van der Waals surface area contributed by atoms with Gasteiger partial charge in [-0.05, 0) is 54.8 Å². The number of hydrogen-bond acceptors (Lipinski definition) is 4. The highest BCUT2D eigenvalue weighted by Gasteiger charge is 2.33. The van der Waals surface area contributed by atoms with Crippen molar-refractivity contribution in [2.24, 2.45) is 0 Å². The first-order valence-corrected chi connectivity index (χ1v) is 12.3. The van der Waals surface area contributed by atoms with E-state index in [-0.39, 0.29) is 21.4 Å². The van der Waals surface area contributed by atoms with Gasteiger partial charge in [-0.25, -0.2) is 16.8 Å². The first-order chi connectivity index (χ1) is 13.1. The third-order valence-electron chi connectivity index (χ3n) is 4.90. The molecular formula is C19H23ClN2O4S2. The minimum Gasteiger partial charge on any atom is -0.266 e. The highest BCUT2D eigenvalue weighted by molar-refractivity contribution is 7.93. The molecule has 1 aliphatic heterocycles. The molecule has 152 valence electrons. The summed E-state index contributed by atoms with van der Waals surface area (Å²) in [5.41, 5.74) is 2.06. The molecule has 0 unspecified atom stereocenters. The topological polar surface area (TPSA) is 74.8 Å². The van der Waals surface area contributed by atoms with Crippen molar-refractivity contribution >= 4 is 37.3 Å². The molecule has 1 aliphatic rings. The molecule has 0 atom stereocenters. The maximum absolute atomic E-state index is 13.1. The zero-order chi connectivity index (χ0) is 20.7. The van der Waals surface area contributed by atoms with Crippen LogP contribution in [-0.2, 0) is 26.5 Å². The van der Waals surface area contributed by atoms with Gasteiger partial charge in [0.15, 0.2) is 0 Å². The Bertz CT molecular complexity index is 1110. The van der Waals surface area contributed by atoms with E-state index in [1.165, 1.54) is 20.7 Å². The van der Waals surface area contributed by atoms with Crippen LogP contribution in [0.25, 0.3) is 0 Å². The van der Waals surface area contributed by atoms with Crippen molar-refractivity contribution in [1.82, 2.24) is 4.31 Å². The lowest BCUT2D eigenvalue weighted by atomic mass is 10.2. The van der Waals surface area contributed by atoms with Crippen LogP contribution in [0.4, 0.5) is 5.69 Å². The van der Waals surface area contributed by atoms with E-state index >= 15 is 0 Å². The van der Waals surface area contributed by atoms with Crippen LogP contribution in [-0.4, -0.2) is 40.8 Å². The number of benzene rings is 2. The molecule has 0 saturated carbocycles. The Kier molecular flexibility index (Phi) is 5.78. The SMILES string of the molecule is CCN(CC)S(=O)(=O)c1ccc2c(c1)CCN2S(=O)(=O)c1ccc(C)cc1Cl. The quantitative estimate of drug-likeness (QED) is 0.686. The molecular weight excluding hydrogens is 420 g/mol. The summed E-state index contributed by atoms with van der Waals surface area (Å²) in [7, 11) is -7.43. The molecule has 0 bridgehead atoms. The minimum absolute atomic E-state index is 0.0486. The van der Waals surface area contributed by atoms with Crippen LogP contribution in [0, 0.1) is 6.92 Å². The lowest BCUT2D eigenvalue weighted by Gasteiger charge is -2.21. The lowest BCUT2D eigenvalue weighted by Crippen LogP contribution is -2.31. The zero-order valence-corrected chi connectivity index (χ0v) is 18.4. The van der Waals surface area contributed by atoms with E-state index in [0.717, 1.165) is 5.56 Å². The predicted molar refractivity (Wildman–Crippen MR) is 111 cm³/mol. The van der Waals surface area contributed by atoms with Crippen molar-refractivity contribution in [3.05, 3.63) is 52.5 Å². The minimum atomic E-state index is -3.83. The average Bonchev–Trinajstić information content (AvgIpc) is 3.06. The van der Waals surface area contributed by atoms with Crippen LogP contribution in [0.5, 0.6) is 0 Å². The monoisotopic (exact) mass is 442 g/mol. The van der Waals surface area contributed by atoms with Gasteiger partial charge in [0.2, 0.25) is 10.0 Å². The van der Waals surface area contributed by atoms with Gasteiger partial charge in [-0.15, -0.1) is 0 Å². The molecule has 0 radical (unpaired) electrons. The summed E-state index contributed by atoms with van der Waals surface area (Å²) in [5, 5.41) is 0.175. The van der Waals surface area contributed by atoms with Gasteiger partial charge >= 0.3 is 0 Å². The zero-order valence-electron chi connectivity index (χ0n) is 16.0. The van der Waals surface area contributed by atoms with Crippen molar-refractivity contribution < 1.29 is 16.8 Å². The van der Waals surface area contributed by atoms with Crippen molar-refractivity contribution in [2.45, 2.75) is 37.0 Å². The van der Waals surface area contributed by atoms with Crippen molar-refractivity contribution in [3.8, 4) is 0 Å². The molecule has 1 heterocycles. The van der Waals surface area contributed by atoms with Crippen molar-refractivity contribution in [3.63, 3.8) is 0 Å². The smallest absolute Gasteiger partial charge is 0.265 e. The summed E-state index contributed by atoms with van der Waals surface area (Å²) >= 11 is 6.18. The number of anilines is 1. The Labute approximate surface area is 171 Å². The molecule has 28 heavy (non-hydrogen) atoms. The third-order valence-corrected chi connectivity index (χ3v) is 9.24. The fourth-order valence-corrected chi connectivity index (χ4v) is 6.99. The van der Waals surface area contributed by atoms with Crippen molar-refractivity contribution in [2.75, 3.05) is 23.9 Å². The maximum Gasteiger partial charge on any atom is 0.265 e. The van der Waals surface area contributed by atoms with Gasteiger partial charge in [0.05, 0.1) is 15.6 Å². The number of nitrogens with zero attached hydrogens (tertiary/aromatic N) is 2. The maximum atomic E-state index is 13.1. The van der Waals surface area contributed by atoms with E-state index in [4.69, 9.17) is 11.6 Å². The Morgan fingerprint density at radius 3 is 2.32 bits per heavy atom. The Morgan fingerprint density at radius 1 is 1.04 bits per heavy atom. The van der Waals surface area contributed by atoms with Crippen LogP contribution >= 0.6 is 11.6 Å². The van der Waals surface area contributed by atoms with Gasteiger partial charge in [-0.2, -0.15) is 4.31 Å². The fourth-order valence-electron chi connectivity index (χ4n) is 3.40. The molecule has 0 fully saturated rings. The fraction of sp³-hybridized carbons (Fsp3) is 0.368. The first-order valence-electron chi connectivity index (χ1n) is 9.05. The predicted octanol–water partition coefficient (Wildman–Crippen LogP) is 3.43. The second-order valence-corrected chi connectivity index (χ2v) is 10.8. The molecule has 0 amide bonds. The molecule has 9 heteroatoms. The number of halogens is 1. The molecule has 2 aromatic carbocycles. The van der Waals surface area contributed by atoms with Crippen LogP contribution in [0.2, 0.25) is 5.02 Å². The number of fused-ring (bicyclic) bond motifs is 1. The van der Waals surface area contributed by atoms with Gasteiger partial charge in [0.1, 0.15) is 4.90 Å². The van der Waals surface area contributed by atoms with Gasteiger partial charge < -0.3 is 0 Å². The van der Waals surface area contributed by atoms with E-state index < -0.39 is 20.0 Å². The number of hydrogen-bond donors (Lipinski definition) is 0. The third kappa shape index (κ3) is 3.54. The highest BCUT2D eigenvalue weighted by atomic mass is 35.5. The van der Waals surface area contributed by atoms with Gasteiger partial charge in [-0.3, -0.25) is 4.31 Å². The summed E-state index contributed by atoms with van der Waals surface area (Å²) in [6.07, 6.45) is 0.444.